The lowest BCUT2D eigenvalue weighted by atomic mass is 10.1. The molecule has 14 heavy (non-hydrogen) atoms. The smallest absolute Gasteiger partial charge is 0.136 e. The SMILES string of the molecule is CCc1c(Cl)ncnc1-c1ccoc1. The third kappa shape index (κ3) is 1.51. The molecule has 0 bridgehead atoms. The molecule has 0 fully saturated rings. The third-order valence-corrected chi connectivity index (χ3v) is 2.37. The first-order chi connectivity index (χ1) is 6.83. The number of hydrogen-bond donors (Lipinski definition) is 0. The lowest BCUT2D eigenvalue weighted by Gasteiger charge is -2.04. The van der Waals surface area contributed by atoms with Crippen LogP contribution in [0.3, 0.4) is 0 Å². The van der Waals surface area contributed by atoms with Gasteiger partial charge in [0.25, 0.3) is 0 Å². The molecule has 0 N–H and O–H groups in total. The van der Waals surface area contributed by atoms with Gasteiger partial charge in [-0.25, -0.2) is 9.97 Å². The van der Waals surface area contributed by atoms with Crippen LogP contribution in [0, 0.1) is 0 Å². The number of furan rings is 1. The highest BCUT2D eigenvalue weighted by Crippen LogP contribution is 2.25. The molecule has 0 saturated carbocycles. The van der Waals surface area contributed by atoms with Gasteiger partial charge in [0.15, 0.2) is 0 Å². The second-order valence-corrected chi connectivity index (χ2v) is 3.22. The highest BCUT2D eigenvalue weighted by Gasteiger charge is 2.10. The molecular formula is C10H9ClN2O. The van der Waals surface area contributed by atoms with Crippen LogP contribution in [0.4, 0.5) is 0 Å². The van der Waals surface area contributed by atoms with E-state index in [1.807, 2.05) is 13.0 Å². The van der Waals surface area contributed by atoms with Crippen LogP contribution >= 0.6 is 11.6 Å². The van der Waals surface area contributed by atoms with Crippen molar-refractivity contribution in [1.29, 1.82) is 0 Å². The van der Waals surface area contributed by atoms with Crippen LogP contribution in [0.25, 0.3) is 11.3 Å². The summed E-state index contributed by atoms with van der Waals surface area (Å²) in [5, 5.41) is 0.513. The molecule has 0 amide bonds. The maximum Gasteiger partial charge on any atom is 0.136 e. The fourth-order valence-electron chi connectivity index (χ4n) is 1.35. The van der Waals surface area contributed by atoms with Crippen molar-refractivity contribution in [2.75, 3.05) is 0 Å². The molecule has 2 rings (SSSR count). The summed E-state index contributed by atoms with van der Waals surface area (Å²) in [5.41, 5.74) is 2.74. The van der Waals surface area contributed by atoms with E-state index in [-0.39, 0.29) is 0 Å². The van der Waals surface area contributed by atoms with E-state index in [0.717, 1.165) is 23.2 Å². The number of aromatic nitrogens is 2. The average molecular weight is 209 g/mol. The van der Waals surface area contributed by atoms with E-state index in [1.165, 1.54) is 6.33 Å². The van der Waals surface area contributed by atoms with Crippen molar-refractivity contribution in [1.82, 2.24) is 9.97 Å². The lowest BCUT2D eigenvalue weighted by molar-refractivity contribution is 0.568. The van der Waals surface area contributed by atoms with Crippen LogP contribution in [0.2, 0.25) is 5.15 Å². The quantitative estimate of drug-likeness (QED) is 0.713. The van der Waals surface area contributed by atoms with Crippen LogP contribution in [-0.2, 0) is 6.42 Å². The molecule has 0 radical (unpaired) electrons. The van der Waals surface area contributed by atoms with Gasteiger partial charge in [-0.2, -0.15) is 0 Å². The van der Waals surface area contributed by atoms with Crippen molar-refractivity contribution in [2.45, 2.75) is 13.3 Å². The minimum Gasteiger partial charge on any atom is -0.472 e. The fraction of sp³-hybridized carbons (Fsp3) is 0.200. The first kappa shape index (κ1) is 9.21. The van der Waals surface area contributed by atoms with Crippen molar-refractivity contribution >= 4 is 11.6 Å². The minimum atomic E-state index is 0.513. The Morgan fingerprint density at radius 3 is 2.93 bits per heavy atom. The molecule has 2 aromatic heterocycles. The zero-order valence-electron chi connectivity index (χ0n) is 7.70. The first-order valence-electron chi connectivity index (χ1n) is 4.35. The molecule has 0 unspecified atom stereocenters. The van der Waals surface area contributed by atoms with Crippen molar-refractivity contribution < 1.29 is 4.42 Å². The second kappa shape index (κ2) is 3.80. The Morgan fingerprint density at radius 2 is 2.29 bits per heavy atom. The molecular weight excluding hydrogens is 200 g/mol. The van der Waals surface area contributed by atoms with Gasteiger partial charge in [-0.3, -0.25) is 0 Å². The van der Waals surface area contributed by atoms with Gasteiger partial charge >= 0.3 is 0 Å². The molecule has 72 valence electrons. The minimum absolute atomic E-state index is 0.513. The molecule has 0 aliphatic carbocycles. The van der Waals surface area contributed by atoms with E-state index >= 15 is 0 Å². The molecule has 0 atom stereocenters. The Hall–Kier alpha value is -1.35. The fourth-order valence-corrected chi connectivity index (χ4v) is 1.62. The number of rotatable bonds is 2. The zero-order valence-corrected chi connectivity index (χ0v) is 8.45. The van der Waals surface area contributed by atoms with Crippen molar-refractivity contribution in [3.8, 4) is 11.3 Å². The standard InChI is InChI=1S/C10H9ClN2O/c1-2-8-9(7-3-4-14-5-7)12-6-13-10(8)11/h3-6H,2H2,1H3. The molecule has 0 aliphatic rings. The summed E-state index contributed by atoms with van der Waals surface area (Å²) in [6.07, 6.45) is 5.53. The van der Waals surface area contributed by atoms with Gasteiger partial charge in [-0.05, 0) is 12.5 Å². The summed E-state index contributed by atoms with van der Waals surface area (Å²) < 4.78 is 5.00. The second-order valence-electron chi connectivity index (χ2n) is 2.86. The topological polar surface area (TPSA) is 38.9 Å². The maximum absolute atomic E-state index is 5.96. The lowest BCUT2D eigenvalue weighted by Crippen LogP contribution is -1.94. The van der Waals surface area contributed by atoms with Crippen LogP contribution in [0.5, 0.6) is 0 Å². The summed E-state index contributed by atoms with van der Waals surface area (Å²) >= 11 is 5.96. The molecule has 3 nitrogen and oxygen atoms in total. The Balaban J connectivity index is 2.58. The van der Waals surface area contributed by atoms with Crippen LogP contribution < -0.4 is 0 Å². The van der Waals surface area contributed by atoms with Gasteiger partial charge < -0.3 is 4.42 Å². The average Bonchev–Trinajstić information content (AvgIpc) is 2.70. The Labute approximate surface area is 86.8 Å². The molecule has 0 saturated heterocycles. The largest absolute Gasteiger partial charge is 0.472 e. The van der Waals surface area contributed by atoms with Gasteiger partial charge in [0.1, 0.15) is 11.5 Å². The Kier molecular flexibility index (Phi) is 2.50. The van der Waals surface area contributed by atoms with Crippen LogP contribution in [-0.4, -0.2) is 9.97 Å². The predicted molar refractivity (Wildman–Crippen MR) is 54.1 cm³/mol. The molecule has 4 heteroatoms. The predicted octanol–water partition coefficient (Wildman–Crippen LogP) is 2.95. The van der Waals surface area contributed by atoms with E-state index in [4.69, 9.17) is 16.0 Å². The summed E-state index contributed by atoms with van der Waals surface area (Å²) in [6.45, 7) is 2.02. The van der Waals surface area contributed by atoms with Gasteiger partial charge in [0, 0.05) is 11.1 Å². The third-order valence-electron chi connectivity index (χ3n) is 2.04. The zero-order chi connectivity index (χ0) is 9.97. The van der Waals surface area contributed by atoms with E-state index in [0.29, 0.717) is 5.15 Å². The van der Waals surface area contributed by atoms with E-state index in [2.05, 4.69) is 9.97 Å². The highest BCUT2D eigenvalue weighted by atomic mass is 35.5. The Morgan fingerprint density at radius 1 is 1.43 bits per heavy atom. The summed E-state index contributed by atoms with van der Waals surface area (Å²) in [4.78, 5) is 8.14. The summed E-state index contributed by atoms with van der Waals surface area (Å²) in [6, 6.07) is 1.86. The summed E-state index contributed by atoms with van der Waals surface area (Å²) in [7, 11) is 0. The van der Waals surface area contributed by atoms with E-state index in [9.17, 15) is 0 Å². The maximum atomic E-state index is 5.96. The molecule has 0 spiro atoms. The van der Waals surface area contributed by atoms with Crippen molar-refractivity contribution in [3.05, 3.63) is 35.6 Å². The van der Waals surface area contributed by atoms with E-state index in [1.54, 1.807) is 12.5 Å². The summed E-state index contributed by atoms with van der Waals surface area (Å²) in [5.74, 6) is 0. The molecule has 0 aliphatic heterocycles. The number of nitrogens with zero attached hydrogens (tertiary/aromatic N) is 2. The van der Waals surface area contributed by atoms with Gasteiger partial charge in [0.05, 0.1) is 18.2 Å². The van der Waals surface area contributed by atoms with Crippen molar-refractivity contribution in [3.63, 3.8) is 0 Å². The normalized spacial score (nSPS) is 10.4. The number of hydrogen-bond acceptors (Lipinski definition) is 3. The van der Waals surface area contributed by atoms with E-state index < -0.39 is 0 Å². The van der Waals surface area contributed by atoms with Crippen LogP contribution in [0.15, 0.2) is 29.3 Å². The Bertz CT molecular complexity index is 426. The highest BCUT2D eigenvalue weighted by molar-refractivity contribution is 6.30. The monoisotopic (exact) mass is 208 g/mol. The first-order valence-corrected chi connectivity index (χ1v) is 4.72. The van der Waals surface area contributed by atoms with Gasteiger partial charge in [-0.15, -0.1) is 0 Å². The van der Waals surface area contributed by atoms with Crippen LogP contribution in [0.1, 0.15) is 12.5 Å². The van der Waals surface area contributed by atoms with Crippen molar-refractivity contribution in [2.24, 2.45) is 0 Å². The molecule has 2 aromatic rings. The van der Waals surface area contributed by atoms with Gasteiger partial charge in [-0.1, -0.05) is 18.5 Å². The molecule has 2 heterocycles. The van der Waals surface area contributed by atoms with Gasteiger partial charge in [0.2, 0.25) is 0 Å². The number of halogens is 1. The molecule has 0 aromatic carbocycles.